The van der Waals surface area contributed by atoms with Crippen molar-refractivity contribution < 1.29 is 42.9 Å². The van der Waals surface area contributed by atoms with Crippen molar-refractivity contribution in [2.24, 2.45) is 0 Å². The van der Waals surface area contributed by atoms with E-state index in [9.17, 15) is 19.2 Å². The molecule has 3 rings (SSSR count). The number of carbonyl (C=O) groups is 4. The number of ether oxygens (including phenoxy) is 5. The van der Waals surface area contributed by atoms with E-state index in [1.807, 2.05) is 0 Å². The smallest absolute Gasteiger partial charge is 0.348 e. The summed E-state index contributed by atoms with van der Waals surface area (Å²) in [5.74, 6) is -1.55. The second-order valence-corrected chi connectivity index (χ2v) is 7.82. The van der Waals surface area contributed by atoms with Gasteiger partial charge in [0.25, 0.3) is 5.91 Å². The van der Waals surface area contributed by atoms with Crippen LogP contribution in [-0.4, -0.2) is 50.4 Å². The molecule has 11 heteroatoms. The molecule has 1 aromatic carbocycles. The van der Waals surface area contributed by atoms with Crippen LogP contribution in [-0.2, 0) is 23.8 Å². The van der Waals surface area contributed by atoms with E-state index in [0.717, 1.165) is 11.3 Å². The van der Waals surface area contributed by atoms with Gasteiger partial charge in [0.2, 0.25) is 6.79 Å². The third-order valence-corrected chi connectivity index (χ3v) is 5.68. The van der Waals surface area contributed by atoms with Crippen LogP contribution in [0.25, 0.3) is 6.08 Å². The number of hydrogen-bond acceptors (Lipinski definition) is 10. The SMILES string of the molecule is CCOC(=O)c1sc(NC(=O)COC(=O)/C=C/c2ccc3c(c2)OCO3)c(C(=O)OCC)c1C. The van der Waals surface area contributed by atoms with Gasteiger partial charge < -0.3 is 29.0 Å². The molecule has 1 N–H and O–H groups in total. The first-order valence-corrected chi connectivity index (χ1v) is 11.2. The fourth-order valence-electron chi connectivity index (χ4n) is 2.97. The van der Waals surface area contributed by atoms with Gasteiger partial charge in [0, 0.05) is 6.08 Å². The van der Waals surface area contributed by atoms with E-state index in [4.69, 9.17) is 23.7 Å². The van der Waals surface area contributed by atoms with Crippen LogP contribution in [0.3, 0.4) is 0 Å². The van der Waals surface area contributed by atoms with Crippen LogP contribution in [0, 0.1) is 6.92 Å². The average molecular weight is 490 g/mol. The normalized spacial score (nSPS) is 11.9. The molecule has 34 heavy (non-hydrogen) atoms. The Bertz CT molecular complexity index is 1140. The Balaban J connectivity index is 1.63. The maximum Gasteiger partial charge on any atom is 0.348 e. The van der Waals surface area contributed by atoms with Crippen molar-refractivity contribution >= 4 is 46.2 Å². The summed E-state index contributed by atoms with van der Waals surface area (Å²) >= 11 is 0.884. The predicted molar refractivity (Wildman–Crippen MR) is 122 cm³/mol. The fraction of sp³-hybridized carbons (Fsp3) is 0.304. The first kappa shape index (κ1) is 24.8. The van der Waals surface area contributed by atoms with Crippen LogP contribution >= 0.6 is 11.3 Å². The number of fused-ring (bicyclic) bond motifs is 1. The fourth-order valence-corrected chi connectivity index (χ4v) is 4.08. The van der Waals surface area contributed by atoms with Crippen LogP contribution in [0.1, 0.15) is 45.0 Å². The molecule has 1 aromatic heterocycles. The highest BCUT2D eigenvalue weighted by Crippen LogP contribution is 2.34. The molecule has 0 saturated heterocycles. The first-order chi connectivity index (χ1) is 16.3. The van der Waals surface area contributed by atoms with Gasteiger partial charge in [0.15, 0.2) is 18.1 Å². The summed E-state index contributed by atoms with van der Waals surface area (Å²) in [7, 11) is 0. The standard InChI is InChI=1S/C23H23NO9S/c1-4-29-22(27)19-13(3)20(23(28)30-5-2)34-21(19)24-17(25)11-31-18(26)9-7-14-6-8-15-16(10-14)33-12-32-15/h6-10H,4-5,11-12H2,1-3H3,(H,24,25)/b9-7+. The summed E-state index contributed by atoms with van der Waals surface area (Å²) in [5.41, 5.74) is 1.07. The molecule has 0 fully saturated rings. The Hall–Kier alpha value is -3.86. The van der Waals surface area contributed by atoms with Gasteiger partial charge in [-0.1, -0.05) is 6.07 Å². The molecule has 0 aliphatic carbocycles. The van der Waals surface area contributed by atoms with Crippen molar-refractivity contribution in [1.82, 2.24) is 0 Å². The minimum absolute atomic E-state index is 0.0530. The van der Waals surface area contributed by atoms with Crippen molar-refractivity contribution in [3.05, 3.63) is 45.8 Å². The molecule has 0 spiro atoms. The molecular formula is C23H23NO9S. The minimum atomic E-state index is -0.743. The third kappa shape index (κ3) is 5.93. The zero-order valence-corrected chi connectivity index (χ0v) is 19.6. The summed E-state index contributed by atoms with van der Waals surface area (Å²) in [6, 6.07) is 5.16. The number of amides is 1. The summed E-state index contributed by atoms with van der Waals surface area (Å²) in [6.07, 6.45) is 2.68. The molecule has 10 nitrogen and oxygen atoms in total. The van der Waals surface area contributed by atoms with E-state index in [2.05, 4.69) is 5.32 Å². The molecule has 180 valence electrons. The number of hydrogen-bond donors (Lipinski definition) is 1. The minimum Gasteiger partial charge on any atom is -0.462 e. The summed E-state index contributed by atoms with van der Waals surface area (Å²) in [6.45, 7) is 4.67. The van der Waals surface area contributed by atoms with Gasteiger partial charge in [-0.25, -0.2) is 14.4 Å². The lowest BCUT2D eigenvalue weighted by Crippen LogP contribution is -2.21. The number of nitrogens with one attached hydrogen (secondary N) is 1. The number of thiophene rings is 1. The summed E-state index contributed by atoms with van der Waals surface area (Å²) < 4.78 is 25.5. The molecular weight excluding hydrogens is 466 g/mol. The van der Waals surface area contributed by atoms with E-state index < -0.39 is 30.4 Å². The second kappa shape index (κ2) is 11.3. The monoisotopic (exact) mass is 489 g/mol. The van der Waals surface area contributed by atoms with E-state index in [1.165, 1.54) is 12.2 Å². The number of rotatable bonds is 9. The van der Waals surface area contributed by atoms with Gasteiger partial charge in [-0.3, -0.25) is 4.79 Å². The van der Waals surface area contributed by atoms with Gasteiger partial charge in [0.05, 0.1) is 18.8 Å². The van der Waals surface area contributed by atoms with Crippen molar-refractivity contribution in [3.63, 3.8) is 0 Å². The quantitative estimate of drug-likeness (QED) is 0.321. The average Bonchev–Trinajstić information content (AvgIpc) is 3.40. The number of anilines is 1. The number of carbonyl (C=O) groups excluding carboxylic acids is 4. The highest BCUT2D eigenvalue weighted by atomic mass is 32.1. The molecule has 2 heterocycles. The predicted octanol–water partition coefficient (Wildman–Crippen LogP) is 3.33. The maximum absolute atomic E-state index is 12.4. The molecule has 0 atom stereocenters. The first-order valence-electron chi connectivity index (χ1n) is 10.4. The Labute approximate surface area is 199 Å². The van der Waals surface area contributed by atoms with Crippen molar-refractivity contribution in [1.29, 1.82) is 0 Å². The molecule has 2 aromatic rings. The van der Waals surface area contributed by atoms with Crippen LogP contribution in [0.2, 0.25) is 0 Å². The zero-order chi connectivity index (χ0) is 24.7. The van der Waals surface area contributed by atoms with Gasteiger partial charge in [-0.2, -0.15) is 0 Å². The van der Waals surface area contributed by atoms with Crippen molar-refractivity contribution in [3.8, 4) is 11.5 Å². The van der Waals surface area contributed by atoms with E-state index in [0.29, 0.717) is 22.6 Å². The molecule has 0 saturated carbocycles. The summed E-state index contributed by atoms with van der Waals surface area (Å²) in [4.78, 5) is 49.1. The van der Waals surface area contributed by atoms with Crippen molar-refractivity contribution in [2.75, 3.05) is 31.9 Å². The van der Waals surface area contributed by atoms with E-state index in [-0.39, 0.29) is 35.4 Å². The number of esters is 3. The van der Waals surface area contributed by atoms with Crippen LogP contribution in [0.4, 0.5) is 5.00 Å². The lowest BCUT2D eigenvalue weighted by Gasteiger charge is -2.07. The third-order valence-electron chi connectivity index (χ3n) is 4.49. The Morgan fingerprint density at radius 1 is 1.03 bits per heavy atom. The van der Waals surface area contributed by atoms with Crippen LogP contribution in [0.5, 0.6) is 11.5 Å². The molecule has 0 unspecified atom stereocenters. The molecule has 0 bridgehead atoms. The highest BCUT2D eigenvalue weighted by Gasteiger charge is 2.27. The maximum atomic E-state index is 12.4. The van der Waals surface area contributed by atoms with Gasteiger partial charge in [-0.05, 0) is 50.1 Å². The lowest BCUT2D eigenvalue weighted by molar-refractivity contribution is -0.142. The van der Waals surface area contributed by atoms with Gasteiger partial charge in [0.1, 0.15) is 9.88 Å². The van der Waals surface area contributed by atoms with Gasteiger partial charge in [-0.15, -0.1) is 11.3 Å². The van der Waals surface area contributed by atoms with E-state index in [1.54, 1.807) is 39.0 Å². The summed E-state index contributed by atoms with van der Waals surface area (Å²) in [5, 5.41) is 2.61. The molecule has 1 aliphatic heterocycles. The number of benzene rings is 1. The van der Waals surface area contributed by atoms with Crippen molar-refractivity contribution in [2.45, 2.75) is 20.8 Å². The van der Waals surface area contributed by atoms with Gasteiger partial charge >= 0.3 is 17.9 Å². The molecule has 1 aliphatic rings. The van der Waals surface area contributed by atoms with Crippen LogP contribution in [0.15, 0.2) is 24.3 Å². The Kier molecular flexibility index (Phi) is 8.25. The van der Waals surface area contributed by atoms with E-state index >= 15 is 0 Å². The molecule has 0 radical (unpaired) electrons. The second-order valence-electron chi connectivity index (χ2n) is 6.80. The topological polar surface area (TPSA) is 126 Å². The van der Waals surface area contributed by atoms with Crippen LogP contribution < -0.4 is 14.8 Å². The Morgan fingerprint density at radius 3 is 2.47 bits per heavy atom. The molecule has 1 amide bonds. The lowest BCUT2D eigenvalue weighted by atomic mass is 10.1. The zero-order valence-electron chi connectivity index (χ0n) is 18.8. The largest absolute Gasteiger partial charge is 0.462 e. The Morgan fingerprint density at radius 2 is 1.74 bits per heavy atom. The highest BCUT2D eigenvalue weighted by molar-refractivity contribution is 7.18.